The van der Waals surface area contributed by atoms with Gasteiger partial charge in [0, 0.05) is 13.0 Å². The Labute approximate surface area is 158 Å². The number of hydrogen-bond acceptors (Lipinski definition) is 5. The molecule has 1 aliphatic heterocycles. The highest BCUT2D eigenvalue weighted by Gasteiger charge is 2.26. The third kappa shape index (κ3) is 5.05. The van der Waals surface area contributed by atoms with Gasteiger partial charge in [0.05, 0.1) is 12.1 Å². The summed E-state index contributed by atoms with van der Waals surface area (Å²) in [6.07, 6.45) is 2.36. The number of piperidine rings is 1. The number of carbonyl (C=O) groups is 1. The van der Waals surface area contributed by atoms with E-state index >= 15 is 0 Å². The van der Waals surface area contributed by atoms with E-state index in [1.54, 1.807) is 13.0 Å². The first-order valence-electron chi connectivity index (χ1n) is 9.42. The molecule has 0 aliphatic carbocycles. The number of aliphatic hydroxyl groups is 1. The van der Waals surface area contributed by atoms with E-state index in [1.807, 2.05) is 18.2 Å². The maximum absolute atomic E-state index is 12.5. The number of aryl methyl sites for hydroxylation is 3. The van der Waals surface area contributed by atoms with Crippen molar-refractivity contribution in [2.75, 3.05) is 13.1 Å². The van der Waals surface area contributed by atoms with Crippen molar-refractivity contribution in [3.63, 3.8) is 0 Å². The number of nitrogens with one attached hydrogen (secondary N) is 2. The van der Waals surface area contributed by atoms with Crippen molar-refractivity contribution in [1.82, 2.24) is 10.6 Å². The maximum Gasteiger partial charge on any atom is 0.349 e. The normalized spacial score (nSPS) is 19.6. The lowest BCUT2D eigenvalue weighted by Crippen LogP contribution is -2.53. The Kier molecular flexibility index (Phi) is 6.42. The van der Waals surface area contributed by atoms with Crippen molar-refractivity contribution in [1.29, 1.82) is 0 Å². The standard InChI is InChI=1S/C21H26N2O4/c1-14-12-16(9-5-8-15-6-3-2-4-7-15)27-21(26)19(14)20(25)23-17-10-11-22-13-18(17)24/h2-4,6-7,12,17-18,22,24H,5,8-11,13H2,1H3,(H,23,25)/t17-,18-/m1/s1. The van der Waals surface area contributed by atoms with Gasteiger partial charge in [-0.05, 0) is 49.9 Å². The molecular formula is C21H26N2O4. The Bertz CT molecular complexity index is 832. The highest BCUT2D eigenvalue weighted by atomic mass is 16.4. The Morgan fingerprint density at radius 3 is 2.78 bits per heavy atom. The van der Waals surface area contributed by atoms with Crippen LogP contribution in [0.5, 0.6) is 0 Å². The molecule has 1 amide bonds. The largest absolute Gasteiger partial charge is 0.427 e. The number of benzene rings is 1. The van der Waals surface area contributed by atoms with Gasteiger partial charge >= 0.3 is 5.63 Å². The molecule has 2 heterocycles. The molecule has 6 nitrogen and oxygen atoms in total. The Morgan fingerprint density at radius 2 is 2.07 bits per heavy atom. The van der Waals surface area contributed by atoms with Crippen LogP contribution in [-0.4, -0.2) is 36.2 Å². The third-order valence-corrected chi connectivity index (χ3v) is 4.92. The van der Waals surface area contributed by atoms with Crippen molar-refractivity contribution in [2.24, 2.45) is 0 Å². The van der Waals surface area contributed by atoms with E-state index < -0.39 is 17.6 Å². The number of aliphatic hydroxyl groups excluding tert-OH is 1. The van der Waals surface area contributed by atoms with Crippen LogP contribution < -0.4 is 16.3 Å². The topological polar surface area (TPSA) is 91.6 Å². The predicted molar refractivity (Wildman–Crippen MR) is 103 cm³/mol. The maximum atomic E-state index is 12.5. The van der Waals surface area contributed by atoms with Gasteiger partial charge in [-0.2, -0.15) is 0 Å². The van der Waals surface area contributed by atoms with Crippen molar-refractivity contribution in [3.05, 3.63) is 69.3 Å². The Balaban J connectivity index is 1.63. The SMILES string of the molecule is Cc1cc(CCCc2ccccc2)oc(=O)c1C(=O)N[C@@H]1CCNC[C@H]1O. The van der Waals surface area contributed by atoms with Crippen LogP contribution in [-0.2, 0) is 12.8 Å². The first-order chi connectivity index (χ1) is 13.0. The minimum absolute atomic E-state index is 0.0209. The summed E-state index contributed by atoms with van der Waals surface area (Å²) in [7, 11) is 0. The van der Waals surface area contributed by atoms with Gasteiger partial charge in [-0.25, -0.2) is 4.79 Å². The molecule has 1 aromatic heterocycles. The zero-order valence-electron chi connectivity index (χ0n) is 15.5. The fourth-order valence-corrected chi connectivity index (χ4v) is 3.43. The molecule has 1 aliphatic rings. The van der Waals surface area contributed by atoms with Gasteiger partial charge in [0.15, 0.2) is 0 Å². The monoisotopic (exact) mass is 370 g/mol. The molecule has 0 radical (unpaired) electrons. The molecule has 3 N–H and O–H groups in total. The molecule has 2 aromatic rings. The summed E-state index contributed by atoms with van der Waals surface area (Å²) in [5.41, 5.74) is 1.24. The van der Waals surface area contributed by atoms with Crippen molar-refractivity contribution in [3.8, 4) is 0 Å². The van der Waals surface area contributed by atoms with Gasteiger partial charge in [-0.15, -0.1) is 0 Å². The van der Waals surface area contributed by atoms with Gasteiger partial charge in [0.25, 0.3) is 5.91 Å². The molecule has 1 saturated heterocycles. The first kappa shape index (κ1) is 19.3. The van der Waals surface area contributed by atoms with E-state index in [-0.39, 0.29) is 11.6 Å². The van der Waals surface area contributed by atoms with Crippen molar-refractivity contribution in [2.45, 2.75) is 44.8 Å². The van der Waals surface area contributed by atoms with E-state index in [4.69, 9.17) is 4.42 Å². The highest BCUT2D eigenvalue weighted by Crippen LogP contribution is 2.12. The van der Waals surface area contributed by atoms with Gasteiger partial charge < -0.3 is 20.2 Å². The summed E-state index contributed by atoms with van der Waals surface area (Å²) >= 11 is 0. The summed E-state index contributed by atoms with van der Waals surface area (Å²) in [6.45, 7) is 2.89. The average molecular weight is 370 g/mol. The van der Waals surface area contributed by atoms with Gasteiger partial charge in [-0.1, -0.05) is 30.3 Å². The van der Waals surface area contributed by atoms with Crippen molar-refractivity contribution >= 4 is 5.91 Å². The summed E-state index contributed by atoms with van der Waals surface area (Å²) in [5.74, 6) is 0.106. The predicted octanol–water partition coefficient (Wildman–Crippen LogP) is 1.58. The number of rotatable bonds is 6. The van der Waals surface area contributed by atoms with Crippen LogP contribution in [0.25, 0.3) is 0 Å². The van der Waals surface area contributed by atoms with E-state index in [0.717, 1.165) is 19.4 Å². The quantitative estimate of drug-likeness (QED) is 0.718. The zero-order valence-corrected chi connectivity index (χ0v) is 15.5. The summed E-state index contributed by atoms with van der Waals surface area (Å²) in [4.78, 5) is 24.9. The smallest absolute Gasteiger partial charge is 0.349 e. The lowest BCUT2D eigenvalue weighted by Gasteiger charge is -2.29. The molecule has 0 unspecified atom stereocenters. The second-order valence-corrected chi connectivity index (χ2v) is 7.04. The molecule has 27 heavy (non-hydrogen) atoms. The number of carbonyl (C=O) groups excluding carboxylic acids is 1. The molecule has 0 saturated carbocycles. The second kappa shape index (κ2) is 8.97. The zero-order chi connectivity index (χ0) is 19.2. The van der Waals surface area contributed by atoms with E-state index in [9.17, 15) is 14.7 Å². The fourth-order valence-electron chi connectivity index (χ4n) is 3.43. The molecule has 0 spiro atoms. The Morgan fingerprint density at radius 1 is 1.30 bits per heavy atom. The van der Waals surface area contributed by atoms with Crippen LogP contribution >= 0.6 is 0 Å². The fraction of sp³-hybridized carbons (Fsp3) is 0.429. The van der Waals surface area contributed by atoms with E-state index in [2.05, 4.69) is 22.8 Å². The van der Waals surface area contributed by atoms with Crippen LogP contribution in [0.4, 0.5) is 0 Å². The lowest BCUT2D eigenvalue weighted by molar-refractivity contribution is 0.0761. The van der Waals surface area contributed by atoms with Crippen LogP contribution in [0.3, 0.4) is 0 Å². The Hall–Kier alpha value is -2.44. The third-order valence-electron chi connectivity index (χ3n) is 4.92. The van der Waals surface area contributed by atoms with Crippen LogP contribution in [0, 0.1) is 6.92 Å². The van der Waals surface area contributed by atoms with E-state index in [0.29, 0.717) is 30.7 Å². The summed E-state index contributed by atoms with van der Waals surface area (Å²) < 4.78 is 5.37. The summed E-state index contributed by atoms with van der Waals surface area (Å²) in [6, 6.07) is 11.5. The van der Waals surface area contributed by atoms with Crippen LogP contribution in [0.2, 0.25) is 0 Å². The van der Waals surface area contributed by atoms with E-state index in [1.165, 1.54) is 5.56 Å². The first-order valence-corrected chi connectivity index (χ1v) is 9.42. The van der Waals surface area contributed by atoms with Gasteiger partial charge in [0.2, 0.25) is 0 Å². The highest BCUT2D eigenvalue weighted by molar-refractivity contribution is 5.95. The minimum Gasteiger partial charge on any atom is -0.427 e. The van der Waals surface area contributed by atoms with Gasteiger partial charge in [0.1, 0.15) is 11.3 Å². The number of β-amino-alcohol motifs (C(OH)–C–C–N with tert-alkyl or cyclic N) is 1. The molecular weight excluding hydrogens is 344 g/mol. The summed E-state index contributed by atoms with van der Waals surface area (Å²) in [5, 5.41) is 15.8. The van der Waals surface area contributed by atoms with Crippen LogP contribution in [0.15, 0.2) is 45.6 Å². The molecule has 1 aromatic carbocycles. The molecule has 3 rings (SSSR count). The van der Waals surface area contributed by atoms with Gasteiger partial charge in [-0.3, -0.25) is 4.79 Å². The number of amides is 1. The molecule has 1 fully saturated rings. The average Bonchev–Trinajstić information content (AvgIpc) is 2.64. The lowest BCUT2D eigenvalue weighted by atomic mass is 10.0. The molecule has 0 bridgehead atoms. The second-order valence-electron chi connectivity index (χ2n) is 7.04. The molecule has 6 heteroatoms. The number of hydrogen-bond donors (Lipinski definition) is 3. The minimum atomic E-state index is -0.660. The van der Waals surface area contributed by atoms with Crippen molar-refractivity contribution < 1.29 is 14.3 Å². The van der Waals surface area contributed by atoms with Crippen LogP contribution in [0.1, 0.15) is 40.1 Å². The molecule has 2 atom stereocenters. The molecule has 144 valence electrons.